The van der Waals surface area contributed by atoms with Crippen molar-refractivity contribution in [2.75, 3.05) is 6.61 Å². The summed E-state index contributed by atoms with van der Waals surface area (Å²) in [5, 5.41) is 8.59. The van der Waals surface area contributed by atoms with Gasteiger partial charge < -0.3 is 14.6 Å². The molecule has 0 radical (unpaired) electrons. The van der Waals surface area contributed by atoms with E-state index in [1.165, 1.54) is 24.5 Å². The Hall–Kier alpha value is -1.91. The minimum atomic E-state index is -0.893. The predicted octanol–water partition coefficient (Wildman–Crippen LogP) is 4.36. The Bertz CT molecular complexity index is 622. The molecule has 3 rings (SSSR count). The van der Waals surface area contributed by atoms with Gasteiger partial charge in [0, 0.05) is 12.7 Å². The highest BCUT2D eigenvalue weighted by molar-refractivity contribution is 5.79. The van der Waals surface area contributed by atoms with E-state index in [-0.39, 0.29) is 0 Å². The van der Waals surface area contributed by atoms with Crippen molar-refractivity contribution in [1.29, 1.82) is 0 Å². The van der Waals surface area contributed by atoms with Gasteiger partial charge in [-0.2, -0.15) is 0 Å². The van der Waals surface area contributed by atoms with Crippen molar-refractivity contribution in [2.24, 2.45) is 11.8 Å². The molecule has 0 aliphatic carbocycles. The van der Waals surface area contributed by atoms with Gasteiger partial charge in [-0.25, -0.2) is 4.79 Å². The zero-order valence-electron chi connectivity index (χ0n) is 15.1. The molecule has 26 heavy (non-hydrogen) atoms. The van der Waals surface area contributed by atoms with Gasteiger partial charge in [-0.3, -0.25) is 0 Å². The number of allylic oxidation sites excluding steroid dienone is 3. The van der Waals surface area contributed by atoms with Crippen LogP contribution in [0.5, 0.6) is 0 Å². The van der Waals surface area contributed by atoms with Crippen LogP contribution in [0.4, 0.5) is 0 Å². The number of fused-ring (bicyclic) bond motifs is 2. The average Bonchev–Trinajstić information content (AvgIpc) is 3.24. The summed E-state index contributed by atoms with van der Waals surface area (Å²) in [6.07, 6.45) is 12.9. The summed E-state index contributed by atoms with van der Waals surface area (Å²) in [6.45, 7) is 1.44. The highest BCUT2D eigenvalue weighted by Crippen LogP contribution is 2.46. The van der Waals surface area contributed by atoms with Crippen LogP contribution in [0.2, 0.25) is 0 Å². The largest absolute Gasteiger partial charge is 0.478 e. The van der Waals surface area contributed by atoms with Crippen LogP contribution in [0.3, 0.4) is 0 Å². The van der Waals surface area contributed by atoms with Gasteiger partial charge in [0.2, 0.25) is 0 Å². The summed E-state index contributed by atoms with van der Waals surface area (Å²) in [6, 6.07) is 10.3. The molecule has 0 amide bonds. The van der Waals surface area contributed by atoms with Crippen LogP contribution in [0, 0.1) is 11.8 Å². The maximum atomic E-state index is 10.4. The Morgan fingerprint density at radius 2 is 1.88 bits per heavy atom. The van der Waals surface area contributed by atoms with E-state index in [2.05, 4.69) is 18.2 Å². The number of hydrogen-bond donors (Lipinski definition) is 1. The molecule has 0 spiro atoms. The van der Waals surface area contributed by atoms with E-state index in [4.69, 9.17) is 14.6 Å². The molecule has 4 heteroatoms. The van der Waals surface area contributed by atoms with Crippen LogP contribution in [0.25, 0.3) is 0 Å². The van der Waals surface area contributed by atoms with Crippen molar-refractivity contribution in [3.8, 4) is 0 Å². The summed E-state index contributed by atoms with van der Waals surface area (Å²) in [5.74, 6) is 0.244. The van der Waals surface area contributed by atoms with Crippen LogP contribution in [-0.4, -0.2) is 29.9 Å². The summed E-state index contributed by atoms with van der Waals surface area (Å²) in [5.41, 5.74) is 1.21. The fraction of sp³-hybridized carbons (Fsp3) is 0.500. The molecule has 0 saturated carbocycles. The monoisotopic (exact) mass is 356 g/mol. The van der Waals surface area contributed by atoms with Crippen LogP contribution in [0.15, 0.2) is 54.6 Å². The van der Waals surface area contributed by atoms with Gasteiger partial charge in [0.15, 0.2) is 0 Å². The molecule has 140 valence electrons. The smallest absolute Gasteiger partial charge is 0.327 e. The van der Waals surface area contributed by atoms with Gasteiger partial charge in [-0.1, -0.05) is 48.6 Å². The molecule has 2 saturated heterocycles. The number of benzene rings is 1. The molecule has 2 heterocycles. The lowest BCUT2D eigenvalue weighted by molar-refractivity contribution is -0.131. The Labute approximate surface area is 155 Å². The highest BCUT2D eigenvalue weighted by atomic mass is 16.5. The molecule has 2 bridgehead atoms. The molecule has 2 aliphatic rings. The quantitative estimate of drug-likeness (QED) is 0.384. The molecule has 4 nitrogen and oxygen atoms in total. The van der Waals surface area contributed by atoms with E-state index in [0.717, 1.165) is 19.4 Å². The maximum Gasteiger partial charge on any atom is 0.327 e. The van der Waals surface area contributed by atoms with Gasteiger partial charge >= 0.3 is 5.97 Å². The van der Waals surface area contributed by atoms with Gasteiger partial charge in [-0.05, 0) is 49.5 Å². The normalized spacial score (nSPS) is 27.7. The highest BCUT2D eigenvalue weighted by Gasteiger charge is 2.47. The van der Waals surface area contributed by atoms with Gasteiger partial charge in [-0.15, -0.1) is 0 Å². The SMILES string of the molecule is O=C(O)C=CCC=CC[C@H]1[C@@H](CCOCc2ccccc2)[C@H]2CC[C@@H]1O2. The average molecular weight is 356 g/mol. The second kappa shape index (κ2) is 9.70. The van der Waals surface area contributed by atoms with E-state index in [1.54, 1.807) is 6.08 Å². The first kappa shape index (κ1) is 18.9. The second-order valence-corrected chi connectivity index (χ2v) is 7.13. The molecule has 2 fully saturated rings. The van der Waals surface area contributed by atoms with Crippen molar-refractivity contribution in [3.05, 3.63) is 60.2 Å². The van der Waals surface area contributed by atoms with Crippen molar-refractivity contribution in [3.63, 3.8) is 0 Å². The van der Waals surface area contributed by atoms with Gasteiger partial charge in [0.1, 0.15) is 0 Å². The molecular formula is C22H28O4. The summed E-state index contributed by atoms with van der Waals surface area (Å²) in [4.78, 5) is 10.4. The van der Waals surface area contributed by atoms with Crippen molar-refractivity contribution in [1.82, 2.24) is 0 Å². The number of carboxylic acid groups (broad SMARTS) is 1. The topological polar surface area (TPSA) is 55.8 Å². The number of rotatable bonds is 10. The predicted molar refractivity (Wildman–Crippen MR) is 101 cm³/mol. The zero-order valence-corrected chi connectivity index (χ0v) is 15.1. The first-order chi connectivity index (χ1) is 12.7. The third-order valence-electron chi connectivity index (χ3n) is 5.40. The Morgan fingerprint density at radius 1 is 1.12 bits per heavy atom. The van der Waals surface area contributed by atoms with E-state index in [1.807, 2.05) is 24.3 Å². The number of hydrogen-bond acceptors (Lipinski definition) is 3. The molecular weight excluding hydrogens is 328 g/mol. The third-order valence-corrected chi connectivity index (χ3v) is 5.40. The van der Waals surface area contributed by atoms with Crippen LogP contribution in [-0.2, 0) is 20.9 Å². The second-order valence-electron chi connectivity index (χ2n) is 7.13. The van der Waals surface area contributed by atoms with Crippen molar-refractivity contribution >= 4 is 5.97 Å². The van der Waals surface area contributed by atoms with E-state index >= 15 is 0 Å². The van der Waals surface area contributed by atoms with Crippen LogP contribution >= 0.6 is 0 Å². The third kappa shape index (κ3) is 5.29. The molecule has 1 aromatic carbocycles. The molecule has 2 aliphatic heterocycles. The molecule has 0 unspecified atom stereocenters. The van der Waals surface area contributed by atoms with Crippen LogP contribution < -0.4 is 0 Å². The fourth-order valence-electron chi connectivity index (χ4n) is 4.18. The molecule has 1 aromatic rings. The first-order valence-corrected chi connectivity index (χ1v) is 9.55. The van der Waals surface area contributed by atoms with Gasteiger partial charge in [0.05, 0.1) is 18.8 Å². The fourth-order valence-corrected chi connectivity index (χ4v) is 4.18. The first-order valence-electron chi connectivity index (χ1n) is 9.55. The van der Waals surface area contributed by atoms with E-state index in [9.17, 15) is 4.79 Å². The number of carbonyl (C=O) groups is 1. The number of carboxylic acids is 1. The molecule has 1 N–H and O–H groups in total. The Balaban J connectivity index is 1.41. The standard InChI is InChI=1S/C22H28O4/c23-22(24)11-7-2-1-6-10-18-19(21-13-12-20(18)26-21)14-15-25-16-17-8-4-3-5-9-17/h1,3-9,11,18-21H,2,10,12-16H2,(H,23,24)/t18-,19+,20-,21+/m0/s1. The Morgan fingerprint density at radius 3 is 2.65 bits per heavy atom. The summed E-state index contributed by atoms with van der Waals surface area (Å²) >= 11 is 0. The van der Waals surface area contributed by atoms with E-state index < -0.39 is 5.97 Å². The zero-order chi connectivity index (χ0) is 18.2. The summed E-state index contributed by atoms with van der Waals surface area (Å²) in [7, 11) is 0. The van der Waals surface area contributed by atoms with Crippen molar-refractivity contribution in [2.45, 2.75) is 50.9 Å². The van der Waals surface area contributed by atoms with Crippen molar-refractivity contribution < 1.29 is 19.4 Å². The lowest BCUT2D eigenvalue weighted by atomic mass is 9.76. The molecule has 0 aromatic heterocycles. The lowest BCUT2D eigenvalue weighted by Gasteiger charge is -2.27. The summed E-state index contributed by atoms with van der Waals surface area (Å²) < 4.78 is 12.0. The molecule has 4 atom stereocenters. The van der Waals surface area contributed by atoms with E-state index in [0.29, 0.717) is 37.1 Å². The van der Waals surface area contributed by atoms with Crippen LogP contribution in [0.1, 0.15) is 37.7 Å². The minimum absolute atomic E-state index is 0.387. The Kier molecular flexibility index (Phi) is 7.04. The minimum Gasteiger partial charge on any atom is -0.478 e. The number of ether oxygens (including phenoxy) is 2. The lowest BCUT2D eigenvalue weighted by Crippen LogP contribution is -2.27. The number of aliphatic carboxylic acids is 1. The van der Waals surface area contributed by atoms with Gasteiger partial charge in [0.25, 0.3) is 0 Å². The maximum absolute atomic E-state index is 10.4.